The van der Waals surface area contributed by atoms with Crippen LogP contribution in [-0.2, 0) is 4.79 Å². The van der Waals surface area contributed by atoms with Gasteiger partial charge in [0.2, 0.25) is 0 Å². The fourth-order valence-corrected chi connectivity index (χ4v) is 6.48. The number of carbonyl (C=O) groups excluding carboxylic acids is 4. The Labute approximate surface area is 266 Å². The van der Waals surface area contributed by atoms with Crippen LogP contribution in [0.15, 0.2) is 72.8 Å². The summed E-state index contributed by atoms with van der Waals surface area (Å²) in [7, 11) is 0. The molecule has 46 heavy (non-hydrogen) atoms. The number of carbonyl (C=O) groups is 5. The van der Waals surface area contributed by atoms with Gasteiger partial charge in [-0.1, -0.05) is 55.0 Å². The third-order valence-electron chi connectivity index (χ3n) is 8.79. The van der Waals surface area contributed by atoms with Gasteiger partial charge in [0.1, 0.15) is 6.04 Å². The molecule has 2 aliphatic rings. The van der Waals surface area contributed by atoms with E-state index < -0.39 is 12.0 Å². The van der Waals surface area contributed by atoms with E-state index in [1.54, 1.807) is 36.4 Å². The van der Waals surface area contributed by atoms with Gasteiger partial charge >= 0.3 is 5.97 Å². The Bertz CT molecular complexity index is 1750. The predicted molar refractivity (Wildman–Crippen MR) is 174 cm³/mol. The number of rotatable bonds is 15. The second kappa shape index (κ2) is 13.6. The van der Waals surface area contributed by atoms with Crippen LogP contribution >= 0.6 is 0 Å². The molecule has 0 bridgehead atoms. The molecule has 2 aliphatic heterocycles. The van der Waals surface area contributed by atoms with E-state index in [9.17, 15) is 29.1 Å². The van der Waals surface area contributed by atoms with Crippen molar-refractivity contribution in [2.24, 2.45) is 0 Å². The van der Waals surface area contributed by atoms with E-state index in [0.717, 1.165) is 22.6 Å². The van der Waals surface area contributed by atoms with Gasteiger partial charge in [0, 0.05) is 46.1 Å². The van der Waals surface area contributed by atoms with E-state index in [1.165, 1.54) is 9.80 Å². The van der Waals surface area contributed by atoms with Crippen molar-refractivity contribution in [3.63, 3.8) is 0 Å². The SMILES string of the molecule is O=C(O)[C@H](CCCCNCCCN1C(=O)c2cccc3cccc(c23)C1=O)NCCCN1C(=O)c2cccc3cccc(c23)C1=O. The highest BCUT2D eigenvalue weighted by Crippen LogP contribution is 2.31. The van der Waals surface area contributed by atoms with Crippen LogP contribution in [0.1, 0.15) is 73.5 Å². The number of imide groups is 2. The number of unbranched alkanes of at least 4 members (excludes halogenated alkanes) is 1. The first kappa shape index (κ1) is 31.1. The summed E-state index contributed by atoms with van der Waals surface area (Å²) in [6, 6.07) is 21.1. The first-order valence-corrected chi connectivity index (χ1v) is 15.8. The van der Waals surface area contributed by atoms with E-state index in [2.05, 4.69) is 10.6 Å². The maximum absolute atomic E-state index is 13.1. The lowest BCUT2D eigenvalue weighted by molar-refractivity contribution is -0.139. The largest absolute Gasteiger partial charge is 0.480 e. The second-order valence-corrected chi connectivity index (χ2v) is 11.7. The summed E-state index contributed by atoms with van der Waals surface area (Å²) < 4.78 is 0. The predicted octanol–water partition coefficient (Wildman–Crippen LogP) is 4.47. The van der Waals surface area contributed by atoms with Gasteiger partial charge in [-0.05, 0) is 80.4 Å². The molecule has 4 aromatic carbocycles. The van der Waals surface area contributed by atoms with E-state index >= 15 is 0 Å². The van der Waals surface area contributed by atoms with Crippen LogP contribution in [0.25, 0.3) is 21.5 Å². The maximum atomic E-state index is 13.1. The highest BCUT2D eigenvalue weighted by molar-refractivity contribution is 6.26. The molecule has 3 N–H and O–H groups in total. The highest BCUT2D eigenvalue weighted by atomic mass is 16.4. The number of nitrogens with zero attached hydrogens (tertiary/aromatic N) is 2. The van der Waals surface area contributed by atoms with Gasteiger partial charge < -0.3 is 15.7 Å². The molecule has 4 amide bonds. The number of carboxylic acids is 1. The van der Waals surface area contributed by atoms with E-state index in [1.807, 2.05) is 36.4 Å². The molecule has 6 rings (SSSR count). The van der Waals surface area contributed by atoms with Crippen LogP contribution in [0, 0.1) is 0 Å². The summed E-state index contributed by atoms with van der Waals surface area (Å²) in [4.78, 5) is 66.6. The molecular weight excluding hydrogens is 584 g/mol. The molecular formula is C36H36N4O6. The molecule has 0 saturated heterocycles. The lowest BCUT2D eigenvalue weighted by atomic mass is 9.94. The Morgan fingerprint density at radius 3 is 1.43 bits per heavy atom. The number of hydrogen-bond acceptors (Lipinski definition) is 7. The maximum Gasteiger partial charge on any atom is 0.320 e. The van der Waals surface area contributed by atoms with E-state index in [4.69, 9.17) is 0 Å². The van der Waals surface area contributed by atoms with Gasteiger partial charge in [-0.15, -0.1) is 0 Å². The minimum absolute atomic E-state index is 0.197. The molecule has 0 saturated carbocycles. The smallest absolute Gasteiger partial charge is 0.320 e. The number of aliphatic carboxylic acids is 1. The van der Waals surface area contributed by atoms with Crippen molar-refractivity contribution < 1.29 is 29.1 Å². The zero-order valence-electron chi connectivity index (χ0n) is 25.5. The third-order valence-corrected chi connectivity index (χ3v) is 8.79. The molecule has 0 aromatic heterocycles. The lowest BCUT2D eigenvalue weighted by Gasteiger charge is -2.27. The van der Waals surface area contributed by atoms with Gasteiger partial charge in [-0.2, -0.15) is 0 Å². The lowest BCUT2D eigenvalue weighted by Crippen LogP contribution is -2.43. The van der Waals surface area contributed by atoms with Crippen molar-refractivity contribution in [2.75, 3.05) is 32.7 Å². The fourth-order valence-electron chi connectivity index (χ4n) is 6.48. The van der Waals surface area contributed by atoms with Gasteiger partial charge in [-0.25, -0.2) is 0 Å². The number of amides is 4. The minimum Gasteiger partial charge on any atom is -0.480 e. The molecule has 0 spiro atoms. The number of nitrogens with one attached hydrogen (secondary N) is 2. The Balaban J connectivity index is 0.886. The second-order valence-electron chi connectivity index (χ2n) is 11.7. The van der Waals surface area contributed by atoms with Crippen molar-refractivity contribution in [3.8, 4) is 0 Å². The van der Waals surface area contributed by atoms with Gasteiger partial charge in [0.05, 0.1) is 0 Å². The van der Waals surface area contributed by atoms with Crippen LogP contribution in [0.2, 0.25) is 0 Å². The molecule has 0 fully saturated rings. The van der Waals surface area contributed by atoms with Crippen LogP contribution in [-0.4, -0.2) is 83.3 Å². The third kappa shape index (κ3) is 6.01. The zero-order chi connectivity index (χ0) is 32.2. The molecule has 10 heteroatoms. The summed E-state index contributed by atoms with van der Waals surface area (Å²) in [5, 5.41) is 19.2. The van der Waals surface area contributed by atoms with Crippen molar-refractivity contribution in [2.45, 2.75) is 38.1 Å². The van der Waals surface area contributed by atoms with Crippen LogP contribution < -0.4 is 10.6 Å². The summed E-state index contributed by atoms with van der Waals surface area (Å²) in [6.07, 6.45) is 2.94. The van der Waals surface area contributed by atoms with Crippen LogP contribution in [0.4, 0.5) is 0 Å². The Morgan fingerprint density at radius 2 is 1.00 bits per heavy atom. The number of benzene rings is 4. The van der Waals surface area contributed by atoms with Gasteiger partial charge in [-0.3, -0.25) is 33.8 Å². The van der Waals surface area contributed by atoms with E-state index in [0.29, 0.717) is 79.5 Å². The van der Waals surface area contributed by atoms with Crippen LogP contribution in [0.3, 0.4) is 0 Å². The monoisotopic (exact) mass is 620 g/mol. The molecule has 10 nitrogen and oxygen atoms in total. The molecule has 0 unspecified atom stereocenters. The summed E-state index contributed by atoms with van der Waals surface area (Å²) in [5.74, 6) is -2.12. The van der Waals surface area contributed by atoms with E-state index in [-0.39, 0.29) is 30.2 Å². The Morgan fingerprint density at radius 1 is 0.587 bits per heavy atom. The molecule has 0 aliphatic carbocycles. The normalized spacial score (nSPS) is 14.9. The average Bonchev–Trinajstić information content (AvgIpc) is 3.06. The first-order valence-electron chi connectivity index (χ1n) is 15.8. The fraction of sp³-hybridized carbons (Fsp3) is 0.306. The molecule has 4 aromatic rings. The van der Waals surface area contributed by atoms with Crippen LogP contribution in [0.5, 0.6) is 0 Å². The number of carboxylic acid groups (broad SMARTS) is 1. The van der Waals surface area contributed by atoms with Crippen molar-refractivity contribution >= 4 is 51.1 Å². The topological polar surface area (TPSA) is 136 Å². The average molecular weight is 621 g/mol. The molecule has 2 heterocycles. The molecule has 1 atom stereocenters. The van der Waals surface area contributed by atoms with Gasteiger partial charge in [0.15, 0.2) is 0 Å². The highest BCUT2D eigenvalue weighted by Gasteiger charge is 2.33. The van der Waals surface area contributed by atoms with Gasteiger partial charge in [0.25, 0.3) is 23.6 Å². The number of hydrogen-bond donors (Lipinski definition) is 3. The summed E-state index contributed by atoms with van der Waals surface area (Å²) in [6.45, 7) is 2.17. The standard InChI is InChI=1S/C36H36N4O6/c41-32-25-13-3-9-23-10-4-14-26(30(23)25)33(42)39(32)21-7-19-37-18-2-1-17-29(36(45)46)38-20-8-22-40-34(43)27-15-5-11-24-12-6-16-28(31(24)27)35(40)44/h3-6,9-16,29,37-38H,1-2,7-8,17-22H2,(H,45,46)/t29-/m0/s1. The Kier molecular flexibility index (Phi) is 9.18. The Hall–Kier alpha value is -4.93. The quantitative estimate of drug-likeness (QED) is 0.131. The van der Waals surface area contributed by atoms with Crippen molar-refractivity contribution in [1.82, 2.24) is 20.4 Å². The van der Waals surface area contributed by atoms with Crippen molar-refractivity contribution in [1.29, 1.82) is 0 Å². The zero-order valence-corrected chi connectivity index (χ0v) is 25.5. The van der Waals surface area contributed by atoms with Crippen molar-refractivity contribution in [3.05, 3.63) is 95.1 Å². The summed E-state index contributed by atoms with van der Waals surface area (Å²) in [5.41, 5.74) is 2.13. The first-order chi connectivity index (χ1) is 22.4. The molecule has 0 radical (unpaired) electrons. The molecule has 236 valence electrons. The summed E-state index contributed by atoms with van der Waals surface area (Å²) >= 11 is 0. The minimum atomic E-state index is -0.938.